The summed E-state index contributed by atoms with van der Waals surface area (Å²) in [6.07, 6.45) is 1.49. The van der Waals surface area contributed by atoms with Crippen LogP contribution in [-0.4, -0.2) is 12.5 Å². The van der Waals surface area contributed by atoms with Crippen molar-refractivity contribution < 1.29 is 14.3 Å². The van der Waals surface area contributed by atoms with Crippen molar-refractivity contribution in [2.45, 2.75) is 13.5 Å². The lowest BCUT2D eigenvalue weighted by atomic mass is 10.1. The molecule has 1 amide bonds. The number of carbonyl (C=O) groups is 1. The van der Waals surface area contributed by atoms with Crippen LogP contribution in [0.15, 0.2) is 72.3 Å². The standard InChI is InChI=1S/C25H20Cl2N2O3/c1-2-31-24-13-18(8-11-23(24)32-16-17-6-9-20(26)10-7-17)12-19(15-28)25(30)29-22-5-3-4-21(27)14-22/h3-14H,2,16H2,1H3,(H,29,30)/b19-12-. The van der Waals surface area contributed by atoms with Gasteiger partial charge in [0.1, 0.15) is 18.2 Å². The molecule has 0 fully saturated rings. The molecule has 0 aromatic heterocycles. The molecule has 0 saturated heterocycles. The largest absolute Gasteiger partial charge is 0.490 e. The second-order valence-electron chi connectivity index (χ2n) is 6.69. The number of nitriles is 1. The van der Waals surface area contributed by atoms with E-state index in [1.165, 1.54) is 6.08 Å². The van der Waals surface area contributed by atoms with Gasteiger partial charge in [-0.1, -0.05) is 47.5 Å². The van der Waals surface area contributed by atoms with Crippen molar-refractivity contribution in [1.29, 1.82) is 5.26 Å². The van der Waals surface area contributed by atoms with Gasteiger partial charge in [-0.05, 0) is 66.6 Å². The molecule has 0 spiro atoms. The Morgan fingerprint density at radius 2 is 1.78 bits per heavy atom. The minimum Gasteiger partial charge on any atom is -0.490 e. The van der Waals surface area contributed by atoms with Gasteiger partial charge in [0.15, 0.2) is 11.5 Å². The van der Waals surface area contributed by atoms with Gasteiger partial charge in [0.05, 0.1) is 6.61 Å². The zero-order valence-corrected chi connectivity index (χ0v) is 18.8. The average Bonchev–Trinajstić information content (AvgIpc) is 2.78. The summed E-state index contributed by atoms with van der Waals surface area (Å²) in [4.78, 5) is 12.5. The number of carbonyl (C=O) groups excluding carboxylic acids is 1. The van der Waals surface area contributed by atoms with Crippen LogP contribution in [0.5, 0.6) is 11.5 Å². The number of rotatable bonds is 8. The second-order valence-corrected chi connectivity index (χ2v) is 7.56. The predicted molar refractivity (Wildman–Crippen MR) is 127 cm³/mol. The molecule has 3 aromatic rings. The van der Waals surface area contributed by atoms with Crippen molar-refractivity contribution in [2.24, 2.45) is 0 Å². The maximum absolute atomic E-state index is 12.5. The lowest BCUT2D eigenvalue weighted by molar-refractivity contribution is -0.112. The van der Waals surface area contributed by atoms with Crippen LogP contribution in [0.25, 0.3) is 6.08 Å². The third-order valence-corrected chi connectivity index (χ3v) is 4.82. The molecule has 0 heterocycles. The van der Waals surface area contributed by atoms with E-state index in [0.717, 1.165) is 5.56 Å². The summed E-state index contributed by atoms with van der Waals surface area (Å²) in [6, 6.07) is 21.2. The fourth-order valence-electron chi connectivity index (χ4n) is 2.82. The van der Waals surface area contributed by atoms with Crippen molar-refractivity contribution >= 4 is 40.9 Å². The molecule has 7 heteroatoms. The van der Waals surface area contributed by atoms with Crippen molar-refractivity contribution in [2.75, 3.05) is 11.9 Å². The molecule has 5 nitrogen and oxygen atoms in total. The lowest BCUT2D eigenvalue weighted by Gasteiger charge is -2.13. The Morgan fingerprint density at radius 3 is 2.47 bits per heavy atom. The molecule has 162 valence electrons. The fraction of sp³-hybridized carbons (Fsp3) is 0.120. The minimum atomic E-state index is -0.532. The van der Waals surface area contributed by atoms with Crippen LogP contribution in [0.2, 0.25) is 10.0 Å². The zero-order valence-electron chi connectivity index (χ0n) is 17.3. The van der Waals surface area contributed by atoms with Gasteiger partial charge in [0.2, 0.25) is 0 Å². The van der Waals surface area contributed by atoms with Crippen molar-refractivity contribution in [3.8, 4) is 17.6 Å². The smallest absolute Gasteiger partial charge is 0.266 e. The maximum atomic E-state index is 12.5. The predicted octanol–water partition coefficient (Wildman–Crippen LogP) is 6.52. The highest BCUT2D eigenvalue weighted by Crippen LogP contribution is 2.30. The highest BCUT2D eigenvalue weighted by atomic mass is 35.5. The van der Waals surface area contributed by atoms with Crippen molar-refractivity contribution in [3.63, 3.8) is 0 Å². The number of ether oxygens (including phenoxy) is 2. The SMILES string of the molecule is CCOc1cc(/C=C(/C#N)C(=O)Nc2cccc(Cl)c2)ccc1OCc1ccc(Cl)cc1. The molecule has 0 atom stereocenters. The van der Waals surface area contributed by atoms with Gasteiger partial charge in [-0.2, -0.15) is 5.26 Å². The Labute approximate surface area is 196 Å². The Balaban J connectivity index is 1.77. The number of benzene rings is 3. The molecule has 0 aliphatic carbocycles. The van der Waals surface area contributed by atoms with Crippen LogP contribution in [0.3, 0.4) is 0 Å². The Bertz CT molecular complexity index is 1170. The van der Waals surface area contributed by atoms with Crippen LogP contribution in [0.4, 0.5) is 5.69 Å². The van der Waals surface area contributed by atoms with Gasteiger partial charge >= 0.3 is 0 Å². The molecule has 0 aliphatic heterocycles. The quantitative estimate of drug-likeness (QED) is 0.303. The fourth-order valence-corrected chi connectivity index (χ4v) is 3.14. The summed E-state index contributed by atoms with van der Waals surface area (Å²) in [5, 5.41) is 13.3. The topological polar surface area (TPSA) is 71.3 Å². The van der Waals surface area contributed by atoms with Crippen LogP contribution in [0.1, 0.15) is 18.1 Å². The maximum Gasteiger partial charge on any atom is 0.266 e. The van der Waals surface area contributed by atoms with E-state index in [1.54, 1.807) is 54.6 Å². The molecule has 32 heavy (non-hydrogen) atoms. The van der Waals surface area contributed by atoms with Gasteiger partial charge in [-0.15, -0.1) is 0 Å². The van der Waals surface area contributed by atoms with Crippen molar-refractivity contribution in [3.05, 3.63) is 93.5 Å². The molecule has 0 aliphatic rings. The third kappa shape index (κ3) is 6.52. The van der Waals surface area contributed by atoms with E-state index in [4.69, 9.17) is 32.7 Å². The summed E-state index contributed by atoms with van der Waals surface area (Å²) in [5.74, 6) is 0.541. The number of nitrogens with zero attached hydrogens (tertiary/aromatic N) is 1. The molecule has 0 bridgehead atoms. The highest BCUT2D eigenvalue weighted by Gasteiger charge is 2.12. The lowest BCUT2D eigenvalue weighted by Crippen LogP contribution is -2.13. The summed E-state index contributed by atoms with van der Waals surface area (Å²) in [7, 11) is 0. The van der Waals surface area contributed by atoms with Gasteiger partial charge in [-0.25, -0.2) is 0 Å². The van der Waals surface area contributed by atoms with E-state index in [0.29, 0.717) is 46.0 Å². The molecule has 3 aromatic carbocycles. The van der Waals surface area contributed by atoms with Crippen LogP contribution < -0.4 is 14.8 Å². The molecule has 0 radical (unpaired) electrons. The number of nitrogens with one attached hydrogen (secondary N) is 1. The molecule has 1 N–H and O–H groups in total. The molecule has 0 unspecified atom stereocenters. The average molecular weight is 467 g/mol. The van der Waals surface area contributed by atoms with Gasteiger partial charge in [0, 0.05) is 15.7 Å². The Morgan fingerprint density at radius 1 is 1.00 bits per heavy atom. The summed E-state index contributed by atoms with van der Waals surface area (Å²) in [6.45, 7) is 2.65. The monoisotopic (exact) mass is 466 g/mol. The van der Waals surface area contributed by atoms with Crippen LogP contribution >= 0.6 is 23.2 Å². The van der Waals surface area contributed by atoms with E-state index in [1.807, 2.05) is 25.1 Å². The highest BCUT2D eigenvalue weighted by molar-refractivity contribution is 6.31. The first-order chi connectivity index (χ1) is 15.5. The van der Waals surface area contributed by atoms with Gasteiger partial charge < -0.3 is 14.8 Å². The van der Waals surface area contributed by atoms with Gasteiger partial charge in [-0.3, -0.25) is 4.79 Å². The first kappa shape index (κ1) is 23.2. The first-order valence-corrected chi connectivity index (χ1v) is 10.6. The number of hydrogen-bond acceptors (Lipinski definition) is 4. The van der Waals surface area contributed by atoms with E-state index in [9.17, 15) is 10.1 Å². The van der Waals surface area contributed by atoms with E-state index in [2.05, 4.69) is 5.32 Å². The number of halogens is 2. The summed E-state index contributed by atoms with van der Waals surface area (Å²) < 4.78 is 11.6. The first-order valence-electron chi connectivity index (χ1n) is 9.81. The third-order valence-electron chi connectivity index (χ3n) is 4.33. The van der Waals surface area contributed by atoms with Crippen LogP contribution in [-0.2, 0) is 11.4 Å². The number of anilines is 1. The number of hydrogen-bond donors (Lipinski definition) is 1. The summed E-state index contributed by atoms with van der Waals surface area (Å²) >= 11 is 11.9. The normalized spacial score (nSPS) is 10.9. The van der Waals surface area contributed by atoms with E-state index < -0.39 is 5.91 Å². The zero-order chi connectivity index (χ0) is 22.9. The van der Waals surface area contributed by atoms with Gasteiger partial charge in [0.25, 0.3) is 5.91 Å². The second kappa shape index (κ2) is 11.2. The summed E-state index contributed by atoms with van der Waals surface area (Å²) in [5.41, 5.74) is 2.04. The van der Waals surface area contributed by atoms with Crippen molar-refractivity contribution in [1.82, 2.24) is 0 Å². The van der Waals surface area contributed by atoms with E-state index >= 15 is 0 Å². The molecule has 0 saturated carbocycles. The molecular weight excluding hydrogens is 447 g/mol. The molecular formula is C25H20Cl2N2O3. The molecule has 3 rings (SSSR count). The van der Waals surface area contributed by atoms with E-state index in [-0.39, 0.29) is 5.57 Å². The minimum absolute atomic E-state index is 0.0535. The Hall–Kier alpha value is -3.46. The number of amides is 1. The van der Waals surface area contributed by atoms with Crippen LogP contribution in [0, 0.1) is 11.3 Å². The Kier molecular flexibility index (Phi) is 8.15.